The minimum atomic E-state index is -2.80. The van der Waals surface area contributed by atoms with Crippen LogP contribution < -0.4 is 15.4 Å². The van der Waals surface area contributed by atoms with Gasteiger partial charge in [-0.3, -0.25) is 9.59 Å². The van der Waals surface area contributed by atoms with E-state index in [-0.39, 0.29) is 12.3 Å². The quantitative estimate of drug-likeness (QED) is 0.375. The molecule has 194 valence electrons. The first-order chi connectivity index (χ1) is 17.6. The summed E-state index contributed by atoms with van der Waals surface area (Å²) in [5, 5.41) is 10.4. The van der Waals surface area contributed by atoms with E-state index >= 15 is 0 Å². The van der Waals surface area contributed by atoms with Crippen molar-refractivity contribution in [1.82, 2.24) is 20.2 Å². The number of hydrogen-bond donors (Lipinski definition) is 2. The van der Waals surface area contributed by atoms with E-state index in [1.54, 1.807) is 57.6 Å². The first-order valence-electron chi connectivity index (χ1n) is 12.2. The van der Waals surface area contributed by atoms with Crippen molar-refractivity contribution in [2.24, 2.45) is 5.92 Å². The van der Waals surface area contributed by atoms with Gasteiger partial charge >= 0.3 is 0 Å². The summed E-state index contributed by atoms with van der Waals surface area (Å²) in [6.07, 6.45) is 3.84. The lowest BCUT2D eigenvalue weighted by molar-refractivity contribution is -0.0893. The number of nitrogens with one attached hydrogen (secondary N) is 2. The molecule has 2 atom stereocenters. The summed E-state index contributed by atoms with van der Waals surface area (Å²) in [6, 6.07) is 6.26. The summed E-state index contributed by atoms with van der Waals surface area (Å²) in [4.78, 5) is 25.3. The van der Waals surface area contributed by atoms with Gasteiger partial charge in [-0.2, -0.15) is 5.10 Å². The minimum absolute atomic E-state index is 0.156. The molecule has 1 fully saturated rings. The Bertz CT molecular complexity index is 1520. The highest BCUT2D eigenvalue weighted by atomic mass is 19.3. The Morgan fingerprint density at radius 3 is 2.76 bits per heavy atom. The van der Waals surface area contributed by atoms with Crippen molar-refractivity contribution in [2.75, 3.05) is 7.05 Å². The van der Waals surface area contributed by atoms with Crippen LogP contribution in [-0.2, 0) is 0 Å². The van der Waals surface area contributed by atoms with Crippen LogP contribution >= 0.6 is 0 Å². The maximum Gasteiger partial charge on any atom is 0.255 e. The highest BCUT2D eigenvalue weighted by molar-refractivity contribution is 6.07. The number of rotatable bonds is 5. The van der Waals surface area contributed by atoms with Crippen molar-refractivity contribution in [1.29, 1.82) is 0 Å². The molecule has 2 amide bonds. The molecule has 3 heterocycles. The Morgan fingerprint density at radius 2 is 2.00 bits per heavy atom. The van der Waals surface area contributed by atoms with Crippen LogP contribution in [0.4, 0.5) is 8.78 Å². The van der Waals surface area contributed by atoms with Gasteiger partial charge in [0.05, 0.1) is 17.3 Å². The second-order valence-corrected chi connectivity index (χ2v) is 9.55. The summed E-state index contributed by atoms with van der Waals surface area (Å²) < 4.78 is 41.8. The zero-order valence-electron chi connectivity index (χ0n) is 21.0. The van der Waals surface area contributed by atoms with E-state index in [0.717, 1.165) is 0 Å². The van der Waals surface area contributed by atoms with Crippen molar-refractivity contribution >= 4 is 28.3 Å². The number of fused-ring (bicyclic) bond motifs is 2. The fourth-order valence-electron chi connectivity index (χ4n) is 5.10. The van der Waals surface area contributed by atoms with Gasteiger partial charge in [-0.05, 0) is 44.4 Å². The molecule has 37 heavy (non-hydrogen) atoms. The number of nitrogens with zero attached hydrogens (tertiary/aromatic N) is 2. The van der Waals surface area contributed by atoms with Crippen molar-refractivity contribution in [2.45, 2.75) is 52.0 Å². The number of aromatic nitrogens is 2. The Morgan fingerprint density at radius 1 is 1.22 bits per heavy atom. The summed E-state index contributed by atoms with van der Waals surface area (Å²) in [7, 11) is 1.56. The third-order valence-electron chi connectivity index (χ3n) is 7.27. The largest absolute Gasteiger partial charge is 0.460 e. The molecular weight excluding hydrogens is 482 g/mol. The summed E-state index contributed by atoms with van der Waals surface area (Å²) >= 11 is 0. The molecule has 0 aliphatic heterocycles. The molecule has 8 nitrogen and oxygen atoms in total. The van der Waals surface area contributed by atoms with Crippen LogP contribution in [0.3, 0.4) is 0 Å². The number of amides is 2. The van der Waals surface area contributed by atoms with Gasteiger partial charge in [-0.15, -0.1) is 0 Å². The van der Waals surface area contributed by atoms with Crippen molar-refractivity contribution in [3.8, 4) is 11.5 Å². The van der Waals surface area contributed by atoms with Gasteiger partial charge in [0.25, 0.3) is 17.7 Å². The zero-order valence-corrected chi connectivity index (χ0v) is 21.0. The van der Waals surface area contributed by atoms with Crippen molar-refractivity contribution < 1.29 is 27.5 Å². The van der Waals surface area contributed by atoms with E-state index in [1.165, 1.54) is 11.4 Å². The maximum absolute atomic E-state index is 14.2. The van der Waals surface area contributed by atoms with E-state index in [2.05, 4.69) is 15.7 Å². The van der Waals surface area contributed by atoms with E-state index in [4.69, 9.17) is 9.15 Å². The van der Waals surface area contributed by atoms with Gasteiger partial charge in [0.1, 0.15) is 22.6 Å². The van der Waals surface area contributed by atoms with Crippen LogP contribution in [0.25, 0.3) is 16.5 Å². The molecule has 0 bridgehead atoms. The van der Waals surface area contributed by atoms with Gasteiger partial charge in [-0.1, -0.05) is 6.92 Å². The van der Waals surface area contributed by atoms with Crippen LogP contribution in [0.5, 0.6) is 11.5 Å². The predicted octanol–water partition coefficient (Wildman–Crippen LogP) is 5.40. The summed E-state index contributed by atoms with van der Waals surface area (Å²) in [5.41, 5.74) is 2.52. The normalized spacial score (nSPS) is 19.2. The van der Waals surface area contributed by atoms with E-state index < -0.39 is 23.8 Å². The maximum atomic E-state index is 14.2. The van der Waals surface area contributed by atoms with Crippen LogP contribution in [0.2, 0.25) is 0 Å². The highest BCUT2D eigenvalue weighted by Crippen LogP contribution is 2.39. The van der Waals surface area contributed by atoms with Crippen molar-refractivity contribution in [3.05, 3.63) is 59.1 Å². The Hall–Kier alpha value is -3.95. The van der Waals surface area contributed by atoms with E-state index in [1.807, 2.05) is 0 Å². The molecule has 0 radical (unpaired) electrons. The number of ether oxygens (including phenoxy) is 1. The zero-order chi connectivity index (χ0) is 26.5. The van der Waals surface area contributed by atoms with E-state index in [9.17, 15) is 18.4 Å². The summed E-state index contributed by atoms with van der Waals surface area (Å²) in [6.45, 7) is 4.98. The number of carbonyl (C=O) groups excluding carboxylic acids is 2. The van der Waals surface area contributed by atoms with Gasteiger partial charge in [0, 0.05) is 49.1 Å². The fraction of sp³-hybridized carbons (Fsp3) is 0.370. The monoisotopic (exact) mass is 510 g/mol. The molecule has 1 aliphatic carbocycles. The van der Waals surface area contributed by atoms with Gasteiger partial charge in [-0.25, -0.2) is 13.3 Å². The average Bonchev–Trinajstić information content (AvgIpc) is 3.37. The lowest BCUT2D eigenvalue weighted by Crippen LogP contribution is -2.49. The van der Waals surface area contributed by atoms with E-state index in [0.29, 0.717) is 63.3 Å². The molecule has 2 N–H and O–H groups in total. The van der Waals surface area contributed by atoms with Gasteiger partial charge in [0.2, 0.25) is 0 Å². The second kappa shape index (κ2) is 9.17. The lowest BCUT2D eigenvalue weighted by Gasteiger charge is -2.36. The van der Waals surface area contributed by atoms with Gasteiger partial charge < -0.3 is 19.8 Å². The topological polar surface area (TPSA) is 97.9 Å². The second-order valence-electron chi connectivity index (χ2n) is 9.55. The lowest BCUT2D eigenvalue weighted by atomic mass is 9.82. The smallest absolute Gasteiger partial charge is 0.255 e. The molecular formula is C27H28F2N4O4. The van der Waals surface area contributed by atoms with Crippen LogP contribution in [-0.4, -0.2) is 40.4 Å². The Kier molecular flexibility index (Phi) is 6.13. The number of halogens is 2. The third-order valence-corrected chi connectivity index (χ3v) is 7.27. The molecule has 4 aromatic rings. The molecule has 0 spiro atoms. The highest BCUT2D eigenvalue weighted by Gasteiger charge is 2.44. The SMILES string of the molecule is CNC(=O)c1c(C)oc2cc(Oc3ccnn4cc(C(=O)N[C@@H]5CCCC(F)(F)C5C)c(C)c34)ccc12. The molecule has 3 aromatic heterocycles. The van der Waals surface area contributed by atoms with Crippen molar-refractivity contribution in [3.63, 3.8) is 0 Å². The Balaban J connectivity index is 1.44. The number of hydrogen-bond acceptors (Lipinski definition) is 5. The van der Waals surface area contributed by atoms with Crippen LogP contribution in [0.1, 0.15) is 58.2 Å². The molecule has 1 unspecified atom stereocenters. The molecule has 0 saturated heterocycles. The average molecular weight is 511 g/mol. The number of furan rings is 1. The minimum Gasteiger partial charge on any atom is -0.460 e. The Labute approximate surface area is 212 Å². The van der Waals surface area contributed by atoms with Gasteiger partial charge in [0.15, 0.2) is 5.75 Å². The third kappa shape index (κ3) is 4.30. The number of carbonyl (C=O) groups is 2. The number of alkyl halides is 2. The van der Waals surface area contributed by atoms with Crippen LogP contribution in [0.15, 0.2) is 41.1 Å². The first-order valence-corrected chi connectivity index (χ1v) is 12.2. The standard InChI is InChI=1S/C27H28F2N4O4/c1-14-19(25(34)32-20-6-5-10-27(28,29)15(20)2)13-33-24(14)21(9-11-31-33)37-17-7-8-18-22(12-17)36-16(3)23(18)26(35)30-4/h7-9,11-13,15,20H,5-6,10H2,1-4H3,(H,30,35)(H,32,34)/t15?,20-/m1/s1. The number of benzene rings is 1. The number of aryl methyl sites for hydroxylation is 2. The molecule has 1 saturated carbocycles. The first kappa shape index (κ1) is 24.7. The van der Waals surface area contributed by atoms with Crippen LogP contribution in [0, 0.1) is 19.8 Å². The predicted molar refractivity (Wildman–Crippen MR) is 134 cm³/mol. The summed E-state index contributed by atoms with van der Waals surface area (Å²) in [5.74, 6) is -2.96. The molecule has 5 rings (SSSR count). The fourth-order valence-corrected chi connectivity index (χ4v) is 5.10. The molecule has 1 aliphatic rings. The molecule has 1 aromatic carbocycles. The molecule has 10 heteroatoms.